The Bertz CT molecular complexity index is 531. The lowest BCUT2D eigenvalue weighted by Crippen LogP contribution is -2.25. The van der Waals surface area contributed by atoms with Gasteiger partial charge >= 0.3 is 5.97 Å². The van der Waals surface area contributed by atoms with Crippen LogP contribution in [-0.2, 0) is 4.74 Å². The van der Waals surface area contributed by atoms with Gasteiger partial charge in [-0.25, -0.2) is 4.79 Å². The van der Waals surface area contributed by atoms with E-state index in [4.69, 9.17) is 5.73 Å². The van der Waals surface area contributed by atoms with E-state index >= 15 is 0 Å². The Kier molecular flexibility index (Phi) is 4.15. The van der Waals surface area contributed by atoms with Crippen molar-refractivity contribution in [3.8, 4) is 0 Å². The van der Waals surface area contributed by atoms with E-state index in [0.29, 0.717) is 0 Å². The van der Waals surface area contributed by atoms with Gasteiger partial charge in [-0.05, 0) is 6.07 Å². The molecule has 1 rings (SSSR count). The average Bonchev–Trinajstić information content (AvgIpc) is 2.36. The minimum absolute atomic E-state index is 0.0101. The first-order valence-electron chi connectivity index (χ1n) is 4.67. The summed E-state index contributed by atoms with van der Waals surface area (Å²) in [4.78, 5) is 26.5. The highest BCUT2D eigenvalue weighted by molar-refractivity contribution is 6.01. The molecule has 0 spiro atoms. The van der Waals surface area contributed by atoms with E-state index in [1.54, 1.807) is 0 Å². The number of methoxy groups -OCH3 is 1. The molecule has 0 aliphatic carbocycles. The summed E-state index contributed by atoms with van der Waals surface area (Å²) < 4.78 is 5.47. The number of hydrogen-bond acceptors (Lipinski definition) is 6. The highest BCUT2D eigenvalue weighted by atomic mass is 16.5. The quantitative estimate of drug-likeness (QED) is 0.562. The first-order valence-corrected chi connectivity index (χ1v) is 4.67. The summed E-state index contributed by atoms with van der Waals surface area (Å²) in [6.07, 6.45) is 2.53. The van der Waals surface area contributed by atoms with E-state index in [0.717, 1.165) is 4.68 Å². The molecule has 7 heteroatoms. The second kappa shape index (κ2) is 5.59. The van der Waals surface area contributed by atoms with E-state index in [9.17, 15) is 9.59 Å². The lowest BCUT2D eigenvalue weighted by molar-refractivity contribution is 0.0592. The number of esters is 1. The van der Waals surface area contributed by atoms with Gasteiger partial charge in [-0.3, -0.25) is 9.79 Å². The van der Waals surface area contributed by atoms with Crippen LogP contribution in [0.25, 0.3) is 5.70 Å². The average molecular weight is 236 g/mol. The van der Waals surface area contributed by atoms with Gasteiger partial charge < -0.3 is 10.5 Å². The van der Waals surface area contributed by atoms with E-state index in [1.165, 1.54) is 38.7 Å². The number of allylic oxidation sites excluding steroid dienone is 1. The molecule has 2 N–H and O–H groups in total. The zero-order valence-corrected chi connectivity index (χ0v) is 9.45. The molecule has 0 atom stereocenters. The number of aromatic nitrogens is 2. The minimum atomic E-state index is -0.636. The predicted octanol–water partition coefficient (Wildman–Crippen LogP) is -0.512. The predicted molar refractivity (Wildman–Crippen MR) is 62.7 cm³/mol. The molecule has 0 bridgehead atoms. The number of nitrogens with zero attached hydrogens (tertiary/aromatic N) is 3. The molecule has 0 saturated carbocycles. The SMILES string of the molecule is CN=CC(=CN)n1nc(C(=O)OC)ccc1=O. The van der Waals surface area contributed by atoms with Crippen molar-refractivity contribution in [3.63, 3.8) is 0 Å². The Hall–Kier alpha value is -2.44. The van der Waals surface area contributed by atoms with Crippen molar-refractivity contribution in [2.24, 2.45) is 10.7 Å². The maximum Gasteiger partial charge on any atom is 0.358 e. The van der Waals surface area contributed by atoms with Crippen LogP contribution in [0.3, 0.4) is 0 Å². The summed E-state index contributed by atoms with van der Waals surface area (Å²) in [5.74, 6) is -0.636. The van der Waals surface area contributed by atoms with Crippen LogP contribution in [0.4, 0.5) is 0 Å². The number of rotatable bonds is 3. The molecular formula is C10H12N4O3. The summed E-state index contributed by atoms with van der Waals surface area (Å²) >= 11 is 0. The molecule has 90 valence electrons. The van der Waals surface area contributed by atoms with Crippen molar-refractivity contribution in [1.82, 2.24) is 9.78 Å². The van der Waals surface area contributed by atoms with E-state index in [2.05, 4.69) is 14.8 Å². The number of hydrogen-bond donors (Lipinski definition) is 1. The first-order chi connectivity index (χ1) is 8.13. The zero-order chi connectivity index (χ0) is 12.8. The molecule has 1 aromatic heterocycles. The monoisotopic (exact) mass is 236 g/mol. The third-order valence-electron chi connectivity index (χ3n) is 1.87. The highest BCUT2D eigenvalue weighted by Gasteiger charge is 2.10. The van der Waals surface area contributed by atoms with Crippen molar-refractivity contribution in [2.75, 3.05) is 14.2 Å². The van der Waals surface area contributed by atoms with Gasteiger partial charge in [-0.1, -0.05) is 0 Å². The lowest BCUT2D eigenvalue weighted by atomic mass is 10.4. The standard InChI is InChI=1S/C10H12N4O3/c1-12-6-7(5-11)14-9(15)4-3-8(13-14)10(16)17-2/h3-6H,11H2,1-2H3. The summed E-state index contributed by atoms with van der Waals surface area (Å²) in [6.45, 7) is 0. The maximum atomic E-state index is 11.5. The number of carbonyl (C=O) groups is 1. The third kappa shape index (κ3) is 2.77. The van der Waals surface area contributed by atoms with Crippen LogP contribution >= 0.6 is 0 Å². The van der Waals surface area contributed by atoms with Gasteiger partial charge in [0.15, 0.2) is 5.69 Å². The van der Waals surface area contributed by atoms with Crippen LogP contribution in [0, 0.1) is 0 Å². The van der Waals surface area contributed by atoms with Crippen LogP contribution in [0.2, 0.25) is 0 Å². The van der Waals surface area contributed by atoms with Crippen LogP contribution in [0.1, 0.15) is 10.5 Å². The van der Waals surface area contributed by atoms with Crippen molar-refractivity contribution < 1.29 is 9.53 Å². The number of aliphatic imine (C=N–C) groups is 1. The van der Waals surface area contributed by atoms with E-state index < -0.39 is 11.5 Å². The van der Waals surface area contributed by atoms with Gasteiger partial charge in [0.2, 0.25) is 0 Å². The second-order valence-corrected chi connectivity index (χ2v) is 2.94. The number of nitrogens with two attached hydrogens (primary N) is 1. The van der Waals surface area contributed by atoms with Crippen LogP contribution < -0.4 is 11.3 Å². The Morgan fingerprint density at radius 1 is 1.59 bits per heavy atom. The van der Waals surface area contributed by atoms with Crippen molar-refractivity contribution >= 4 is 17.9 Å². The van der Waals surface area contributed by atoms with Gasteiger partial charge in [0.1, 0.15) is 5.70 Å². The molecule has 0 saturated heterocycles. The van der Waals surface area contributed by atoms with Crippen molar-refractivity contribution in [2.45, 2.75) is 0 Å². The molecule has 0 aliphatic rings. The Morgan fingerprint density at radius 2 is 2.29 bits per heavy atom. The van der Waals surface area contributed by atoms with Crippen LogP contribution in [0.15, 0.2) is 28.1 Å². The molecule has 0 radical (unpaired) electrons. The largest absolute Gasteiger partial charge is 0.464 e. The third-order valence-corrected chi connectivity index (χ3v) is 1.87. The Labute approximate surface area is 97.2 Å². The summed E-state index contributed by atoms with van der Waals surface area (Å²) in [7, 11) is 2.76. The highest BCUT2D eigenvalue weighted by Crippen LogP contribution is 1.98. The molecule has 0 amide bonds. The lowest BCUT2D eigenvalue weighted by Gasteiger charge is -2.05. The van der Waals surface area contributed by atoms with E-state index in [1.807, 2.05) is 0 Å². The first kappa shape index (κ1) is 12.6. The van der Waals surface area contributed by atoms with Crippen molar-refractivity contribution in [1.29, 1.82) is 0 Å². The Morgan fingerprint density at radius 3 is 2.82 bits per heavy atom. The molecule has 0 aromatic carbocycles. The van der Waals surface area contributed by atoms with Gasteiger partial charge in [-0.15, -0.1) is 0 Å². The molecule has 0 unspecified atom stereocenters. The summed E-state index contributed by atoms with van der Waals surface area (Å²) in [5.41, 5.74) is 5.20. The molecule has 0 aliphatic heterocycles. The molecule has 1 aromatic rings. The van der Waals surface area contributed by atoms with Gasteiger partial charge in [0, 0.05) is 25.5 Å². The normalized spacial score (nSPS) is 11.8. The molecule has 17 heavy (non-hydrogen) atoms. The molecule has 1 heterocycles. The van der Waals surface area contributed by atoms with Crippen LogP contribution in [0.5, 0.6) is 0 Å². The number of carbonyl (C=O) groups excluding carboxylic acids is 1. The zero-order valence-electron chi connectivity index (χ0n) is 9.45. The summed E-state index contributed by atoms with van der Waals surface area (Å²) in [5, 5.41) is 3.82. The fourth-order valence-electron chi connectivity index (χ4n) is 1.11. The topological polar surface area (TPSA) is 99.6 Å². The molecule has 7 nitrogen and oxygen atoms in total. The van der Waals surface area contributed by atoms with Gasteiger partial charge in [0.25, 0.3) is 5.56 Å². The Balaban J connectivity index is 3.33. The fourth-order valence-corrected chi connectivity index (χ4v) is 1.11. The summed E-state index contributed by atoms with van der Waals surface area (Å²) in [6, 6.07) is 2.48. The molecule has 0 fully saturated rings. The van der Waals surface area contributed by atoms with E-state index in [-0.39, 0.29) is 11.4 Å². The minimum Gasteiger partial charge on any atom is -0.464 e. The fraction of sp³-hybridized carbons (Fsp3) is 0.200. The van der Waals surface area contributed by atoms with Gasteiger partial charge in [0.05, 0.1) is 7.11 Å². The second-order valence-electron chi connectivity index (χ2n) is 2.94. The van der Waals surface area contributed by atoms with Crippen molar-refractivity contribution in [3.05, 3.63) is 34.4 Å². The van der Waals surface area contributed by atoms with Gasteiger partial charge in [-0.2, -0.15) is 9.78 Å². The number of ether oxygens (including phenoxy) is 1. The molecular weight excluding hydrogens is 224 g/mol. The maximum absolute atomic E-state index is 11.5. The van der Waals surface area contributed by atoms with Crippen LogP contribution in [-0.4, -0.2) is 36.1 Å². The smallest absolute Gasteiger partial charge is 0.358 e.